The summed E-state index contributed by atoms with van der Waals surface area (Å²) < 4.78 is 0. The molecule has 0 aliphatic carbocycles. The van der Waals surface area contributed by atoms with Crippen LogP contribution in [0.15, 0.2) is 30.3 Å². The monoisotopic (exact) mass is 246 g/mol. The number of rotatable bonds is 4. The molecule has 1 aromatic rings. The summed E-state index contributed by atoms with van der Waals surface area (Å²) in [4.78, 5) is 2.66. The van der Waals surface area contributed by atoms with Crippen LogP contribution in [0, 0.1) is 11.8 Å². The first-order valence-electron chi connectivity index (χ1n) is 7.14. The number of nitrogens with zero attached hydrogens (tertiary/aromatic N) is 1. The third kappa shape index (κ3) is 3.33. The number of likely N-dealkylation sites (N-methyl/N-ethyl adjacent to an activating group) is 1. The molecular weight excluding hydrogens is 220 g/mol. The molecule has 2 rings (SSSR count). The Morgan fingerprint density at radius 2 is 1.78 bits per heavy atom. The number of nitrogens with one attached hydrogen (secondary N) is 1. The Balaban J connectivity index is 2.14. The van der Waals surface area contributed by atoms with E-state index in [9.17, 15) is 0 Å². The molecule has 3 atom stereocenters. The zero-order valence-electron chi connectivity index (χ0n) is 11.9. The molecule has 0 radical (unpaired) electrons. The second-order valence-electron chi connectivity index (χ2n) is 5.88. The summed E-state index contributed by atoms with van der Waals surface area (Å²) in [5.74, 6) is 1.63. The quantitative estimate of drug-likeness (QED) is 0.879. The van der Waals surface area contributed by atoms with Crippen LogP contribution in [-0.2, 0) is 0 Å². The molecule has 18 heavy (non-hydrogen) atoms. The fraction of sp³-hybridized carbons (Fsp3) is 0.625. The molecule has 0 spiro atoms. The first-order chi connectivity index (χ1) is 8.70. The van der Waals surface area contributed by atoms with Gasteiger partial charge in [-0.1, -0.05) is 44.2 Å². The molecule has 1 heterocycles. The Morgan fingerprint density at radius 1 is 1.17 bits per heavy atom. The van der Waals surface area contributed by atoms with Gasteiger partial charge in [0.15, 0.2) is 0 Å². The number of hydrogen-bond acceptors (Lipinski definition) is 2. The summed E-state index contributed by atoms with van der Waals surface area (Å²) in [6, 6.07) is 11.4. The first kappa shape index (κ1) is 13.6. The van der Waals surface area contributed by atoms with E-state index in [0.29, 0.717) is 6.04 Å². The number of likely N-dealkylation sites (tertiary alicyclic amines) is 1. The fourth-order valence-electron chi connectivity index (χ4n) is 3.29. The lowest BCUT2D eigenvalue weighted by atomic mass is 9.89. The van der Waals surface area contributed by atoms with Gasteiger partial charge in [-0.2, -0.15) is 0 Å². The van der Waals surface area contributed by atoms with E-state index in [1.54, 1.807) is 0 Å². The lowest BCUT2D eigenvalue weighted by molar-refractivity contribution is 0.0951. The average molecular weight is 246 g/mol. The van der Waals surface area contributed by atoms with Crippen molar-refractivity contribution in [2.75, 3.05) is 26.7 Å². The zero-order chi connectivity index (χ0) is 13.0. The Morgan fingerprint density at radius 3 is 2.33 bits per heavy atom. The van der Waals surface area contributed by atoms with Crippen LogP contribution >= 0.6 is 0 Å². The SMILES string of the molecule is CNCC(c1ccccc1)N1CC(C)CC(C)C1. The van der Waals surface area contributed by atoms with Crippen molar-refractivity contribution in [2.45, 2.75) is 26.3 Å². The van der Waals surface area contributed by atoms with Gasteiger partial charge >= 0.3 is 0 Å². The molecule has 1 aromatic carbocycles. The van der Waals surface area contributed by atoms with Crippen LogP contribution in [0.5, 0.6) is 0 Å². The smallest absolute Gasteiger partial charge is 0.0472 e. The summed E-state index contributed by atoms with van der Waals surface area (Å²) in [6.07, 6.45) is 1.37. The normalized spacial score (nSPS) is 27.1. The minimum atomic E-state index is 0.515. The van der Waals surface area contributed by atoms with Gasteiger partial charge in [0.1, 0.15) is 0 Å². The van der Waals surface area contributed by atoms with E-state index in [1.165, 1.54) is 25.1 Å². The minimum Gasteiger partial charge on any atom is -0.318 e. The lowest BCUT2D eigenvalue weighted by Crippen LogP contribution is -2.43. The number of piperidine rings is 1. The van der Waals surface area contributed by atoms with Crippen molar-refractivity contribution in [1.29, 1.82) is 0 Å². The van der Waals surface area contributed by atoms with Gasteiger partial charge in [0.2, 0.25) is 0 Å². The maximum atomic E-state index is 3.35. The standard InChI is InChI=1S/C16H26N2/c1-13-9-14(2)12-18(11-13)16(10-17-3)15-7-5-4-6-8-15/h4-8,13-14,16-17H,9-12H2,1-3H3. The van der Waals surface area contributed by atoms with Crippen molar-refractivity contribution in [1.82, 2.24) is 10.2 Å². The van der Waals surface area contributed by atoms with Crippen LogP contribution in [0.25, 0.3) is 0 Å². The summed E-state index contributed by atoms with van der Waals surface area (Å²) >= 11 is 0. The number of hydrogen-bond donors (Lipinski definition) is 1. The van der Waals surface area contributed by atoms with E-state index in [4.69, 9.17) is 0 Å². The average Bonchev–Trinajstić information content (AvgIpc) is 2.36. The molecule has 2 heteroatoms. The molecule has 1 N–H and O–H groups in total. The van der Waals surface area contributed by atoms with E-state index < -0.39 is 0 Å². The summed E-state index contributed by atoms with van der Waals surface area (Å²) in [7, 11) is 2.05. The van der Waals surface area contributed by atoms with Crippen LogP contribution in [0.2, 0.25) is 0 Å². The van der Waals surface area contributed by atoms with Gasteiger partial charge in [-0.3, -0.25) is 4.90 Å². The van der Waals surface area contributed by atoms with E-state index >= 15 is 0 Å². The molecule has 1 aliphatic heterocycles. The predicted octanol–water partition coefficient (Wildman–Crippen LogP) is 2.93. The maximum Gasteiger partial charge on any atom is 0.0472 e. The summed E-state index contributed by atoms with van der Waals surface area (Å²) in [6.45, 7) is 8.24. The summed E-state index contributed by atoms with van der Waals surface area (Å²) in [5, 5.41) is 3.35. The highest BCUT2D eigenvalue weighted by atomic mass is 15.2. The van der Waals surface area contributed by atoms with Crippen molar-refractivity contribution < 1.29 is 0 Å². The van der Waals surface area contributed by atoms with Gasteiger partial charge in [-0.05, 0) is 30.9 Å². The largest absolute Gasteiger partial charge is 0.318 e. The van der Waals surface area contributed by atoms with E-state index in [1.807, 2.05) is 7.05 Å². The van der Waals surface area contributed by atoms with Gasteiger partial charge in [-0.15, -0.1) is 0 Å². The van der Waals surface area contributed by atoms with Gasteiger partial charge in [0.25, 0.3) is 0 Å². The highest BCUT2D eigenvalue weighted by Gasteiger charge is 2.27. The Kier molecular flexibility index (Phi) is 4.79. The van der Waals surface area contributed by atoms with Crippen LogP contribution in [0.4, 0.5) is 0 Å². The van der Waals surface area contributed by atoms with Crippen molar-refractivity contribution in [3.63, 3.8) is 0 Å². The highest BCUT2D eigenvalue weighted by Crippen LogP contribution is 2.28. The molecule has 3 unspecified atom stereocenters. The van der Waals surface area contributed by atoms with Crippen LogP contribution in [-0.4, -0.2) is 31.6 Å². The van der Waals surface area contributed by atoms with Crippen LogP contribution in [0.1, 0.15) is 31.9 Å². The van der Waals surface area contributed by atoms with E-state index in [-0.39, 0.29) is 0 Å². The Bertz CT molecular complexity index is 339. The van der Waals surface area contributed by atoms with Crippen molar-refractivity contribution in [2.24, 2.45) is 11.8 Å². The predicted molar refractivity (Wildman–Crippen MR) is 77.6 cm³/mol. The second-order valence-corrected chi connectivity index (χ2v) is 5.88. The zero-order valence-corrected chi connectivity index (χ0v) is 11.9. The lowest BCUT2D eigenvalue weighted by Gasteiger charge is -2.40. The van der Waals surface area contributed by atoms with Crippen LogP contribution in [0.3, 0.4) is 0 Å². The Labute approximate surface area is 111 Å². The molecule has 0 amide bonds. The van der Waals surface area contributed by atoms with Crippen molar-refractivity contribution >= 4 is 0 Å². The van der Waals surface area contributed by atoms with Gasteiger partial charge < -0.3 is 5.32 Å². The molecule has 1 fully saturated rings. The van der Waals surface area contributed by atoms with Gasteiger partial charge in [0, 0.05) is 25.7 Å². The Hall–Kier alpha value is -0.860. The molecule has 100 valence electrons. The second kappa shape index (κ2) is 6.35. The maximum absolute atomic E-state index is 3.35. The van der Waals surface area contributed by atoms with Gasteiger partial charge in [-0.25, -0.2) is 0 Å². The van der Waals surface area contributed by atoms with Gasteiger partial charge in [0.05, 0.1) is 0 Å². The topological polar surface area (TPSA) is 15.3 Å². The molecule has 0 aromatic heterocycles. The van der Waals surface area contributed by atoms with Crippen molar-refractivity contribution in [3.05, 3.63) is 35.9 Å². The molecule has 0 saturated carbocycles. The summed E-state index contributed by atoms with van der Waals surface area (Å²) in [5.41, 5.74) is 1.44. The number of benzene rings is 1. The molecular formula is C16H26N2. The minimum absolute atomic E-state index is 0.515. The third-order valence-electron chi connectivity index (χ3n) is 3.92. The molecule has 2 nitrogen and oxygen atoms in total. The van der Waals surface area contributed by atoms with Crippen LogP contribution < -0.4 is 5.32 Å². The molecule has 0 bridgehead atoms. The van der Waals surface area contributed by atoms with Crippen molar-refractivity contribution in [3.8, 4) is 0 Å². The van der Waals surface area contributed by atoms with E-state index in [2.05, 4.69) is 54.4 Å². The fourth-order valence-corrected chi connectivity index (χ4v) is 3.29. The third-order valence-corrected chi connectivity index (χ3v) is 3.92. The highest BCUT2D eigenvalue weighted by molar-refractivity contribution is 5.19. The molecule has 1 saturated heterocycles. The molecule has 1 aliphatic rings. The van der Waals surface area contributed by atoms with E-state index in [0.717, 1.165) is 18.4 Å². The first-order valence-corrected chi connectivity index (χ1v) is 7.14.